The Hall–Kier alpha value is -2.05. The van der Waals surface area contributed by atoms with Crippen LogP contribution in [-0.4, -0.2) is 42.5 Å². The van der Waals surface area contributed by atoms with Crippen molar-refractivity contribution in [2.75, 3.05) is 19.7 Å². The minimum absolute atomic E-state index is 0.0602. The molecule has 1 aromatic carbocycles. The Bertz CT molecular complexity index is 751. The molecule has 0 saturated carbocycles. The average Bonchev–Trinajstić information content (AvgIpc) is 3.19. The molecular formula is C19H21ClN2O3S. The van der Waals surface area contributed by atoms with Gasteiger partial charge in [-0.15, -0.1) is 11.3 Å². The van der Waals surface area contributed by atoms with Gasteiger partial charge in [-0.3, -0.25) is 9.59 Å². The number of carbonyl (C=O) groups excluding carboxylic acids is 2. The summed E-state index contributed by atoms with van der Waals surface area (Å²) in [6, 6.07) is 10.4. The van der Waals surface area contributed by atoms with Crippen LogP contribution in [0.15, 0.2) is 41.8 Å². The summed E-state index contributed by atoms with van der Waals surface area (Å²) in [5.41, 5.74) is 0. The summed E-state index contributed by atoms with van der Waals surface area (Å²) in [5, 5.41) is 5.36. The highest BCUT2D eigenvalue weighted by Gasteiger charge is 2.32. The van der Waals surface area contributed by atoms with Crippen LogP contribution in [0.25, 0.3) is 0 Å². The summed E-state index contributed by atoms with van der Waals surface area (Å²) < 4.78 is 5.58. The Labute approximate surface area is 161 Å². The molecule has 1 aliphatic rings. The van der Waals surface area contributed by atoms with Crippen molar-refractivity contribution in [1.29, 1.82) is 0 Å². The van der Waals surface area contributed by atoms with Gasteiger partial charge >= 0.3 is 0 Å². The van der Waals surface area contributed by atoms with E-state index in [2.05, 4.69) is 5.32 Å². The molecule has 0 radical (unpaired) electrons. The van der Waals surface area contributed by atoms with Crippen molar-refractivity contribution in [2.24, 2.45) is 0 Å². The SMILES string of the molecule is O=C(NCCOc1cccc(Cl)c1)C1CCCCN1C(=O)c1cccs1. The molecule has 3 rings (SSSR count). The lowest BCUT2D eigenvalue weighted by Crippen LogP contribution is -2.52. The predicted octanol–water partition coefficient (Wildman–Crippen LogP) is 3.59. The van der Waals surface area contributed by atoms with Gasteiger partial charge in [0.05, 0.1) is 11.4 Å². The number of carbonyl (C=O) groups is 2. The fourth-order valence-corrected chi connectivity index (χ4v) is 3.87. The number of rotatable bonds is 6. The zero-order valence-electron chi connectivity index (χ0n) is 14.3. The maximum atomic E-state index is 12.6. The lowest BCUT2D eigenvalue weighted by atomic mass is 10.0. The molecule has 2 heterocycles. The van der Waals surface area contributed by atoms with Gasteiger partial charge in [0, 0.05) is 11.6 Å². The monoisotopic (exact) mass is 392 g/mol. The van der Waals surface area contributed by atoms with E-state index >= 15 is 0 Å². The highest BCUT2D eigenvalue weighted by atomic mass is 35.5. The molecule has 0 aliphatic carbocycles. The number of benzene rings is 1. The Balaban J connectivity index is 1.51. The molecule has 0 bridgehead atoms. The molecule has 26 heavy (non-hydrogen) atoms. The number of nitrogens with one attached hydrogen (secondary N) is 1. The standard InChI is InChI=1S/C19H21ClN2O3S/c20-14-5-3-6-15(13-14)25-11-9-21-18(23)16-7-1-2-10-22(16)19(24)17-8-4-12-26-17/h3-6,8,12-13,16H,1-2,7,9-11H2,(H,21,23). The van der Waals surface area contributed by atoms with Gasteiger partial charge in [0.15, 0.2) is 0 Å². The van der Waals surface area contributed by atoms with Crippen LogP contribution in [0.5, 0.6) is 5.75 Å². The first-order valence-corrected chi connectivity index (χ1v) is 9.91. The van der Waals surface area contributed by atoms with E-state index in [0.29, 0.717) is 41.8 Å². The second-order valence-electron chi connectivity index (χ2n) is 6.08. The van der Waals surface area contributed by atoms with Crippen LogP contribution in [-0.2, 0) is 4.79 Å². The first-order chi connectivity index (χ1) is 12.6. The van der Waals surface area contributed by atoms with Gasteiger partial charge in [-0.2, -0.15) is 0 Å². The number of hydrogen-bond acceptors (Lipinski definition) is 4. The molecular weight excluding hydrogens is 372 g/mol. The molecule has 138 valence electrons. The topological polar surface area (TPSA) is 58.6 Å². The van der Waals surface area contributed by atoms with Crippen LogP contribution in [0.1, 0.15) is 28.9 Å². The van der Waals surface area contributed by atoms with Crippen LogP contribution in [0, 0.1) is 0 Å². The largest absolute Gasteiger partial charge is 0.492 e. The molecule has 1 N–H and O–H groups in total. The number of amides is 2. The van der Waals surface area contributed by atoms with Gasteiger partial charge in [0.2, 0.25) is 5.91 Å². The van der Waals surface area contributed by atoms with E-state index in [0.717, 1.165) is 12.8 Å². The van der Waals surface area contributed by atoms with Crippen LogP contribution in [0.4, 0.5) is 0 Å². The van der Waals surface area contributed by atoms with Crippen molar-refractivity contribution in [3.8, 4) is 5.75 Å². The molecule has 2 amide bonds. The Morgan fingerprint density at radius 1 is 1.27 bits per heavy atom. The fourth-order valence-electron chi connectivity index (χ4n) is 3.01. The lowest BCUT2D eigenvalue weighted by Gasteiger charge is -2.34. The quantitative estimate of drug-likeness (QED) is 0.764. The van der Waals surface area contributed by atoms with Crippen LogP contribution in [0.2, 0.25) is 5.02 Å². The second-order valence-corrected chi connectivity index (χ2v) is 7.47. The van der Waals surface area contributed by atoms with Crippen molar-refractivity contribution < 1.29 is 14.3 Å². The number of ether oxygens (including phenoxy) is 1. The molecule has 1 fully saturated rings. The fraction of sp³-hybridized carbons (Fsp3) is 0.368. The van der Waals surface area contributed by atoms with Crippen LogP contribution < -0.4 is 10.1 Å². The molecule has 1 saturated heterocycles. The molecule has 0 spiro atoms. The zero-order valence-corrected chi connectivity index (χ0v) is 15.9. The van der Waals surface area contributed by atoms with Crippen LogP contribution >= 0.6 is 22.9 Å². The molecule has 5 nitrogen and oxygen atoms in total. The second kappa shape index (κ2) is 9.05. The summed E-state index contributed by atoms with van der Waals surface area (Å²) in [4.78, 5) is 27.6. The smallest absolute Gasteiger partial charge is 0.264 e. The van der Waals surface area contributed by atoms with Crippen molar-refractivity contribution in [1.82, 2.24) is 10.2 Å². The molecule has 1 aromatic heterocycles. The van der Waals surface area contributed by atoms with E-state index in [4.69, 9.17) is 16.3 Å². The molecule has 1 unspecified atom stereocenters. The van der Waals surface area contributed by atoms with E-state index in [1.54, 1.807) is 23.1 Å². The van der Waals surface area contributed by atoms with E-state index in [1.165, 1.54) is 11.3 Å². The van der Waals surface area contributed by atoms with Crippen LogP contribution in [0.3, 0.4) is 0 Å². The maximum absolute atomic E-state index is 12.6. The number of halogens is 1. The lowest BCUT2D eigenvalue weighted by molar-refractivity contribution is -0.126. The van der Waals surface area contributed by atoms with Crippen molar-refractivity contribution in [3.05, 3.63) is 51.7 Å². The Kier molecular flexibility index (Phi) is 6.52. The van der Waals surface area contributed by atoms with Gasteiger partial charge in [0.25, 0.3) is 5.91 Å². The summed E-state index contributed by atoms with van der Waals surface area (Å²) in [6.07, 6.45) is 2.57. The normalized spacial score (nSPS) is 17.0. The third-order valence-corrected chi connectivity index (χ3v) is 5.36. The maximum Gasteiger partial charge on any atom is 0.264 e. The number of likely N-dealkylation sites (tertiary alicyclic amines) is 1. The first kappa shape index (κ1) is 18.7. The number of thiophene rings is 1. The van der Waals surface area contributed by atoms with E-state index in [1.807, 2.05) is 23.6 Å². The number of nitrogens with zero attached hydrogens (tertiary/aromatic N) is 1. The summed E-state index contributed by atoms with van der Waals surface area (Å²) in [6.45, 7) is 1.34. The molecule has 1 aliphatic heterocycles. The molecule has 2 aromatic rings. The van der Waals surface area contributed by atoms with Crippen molar-refractivity contribution >= 4 is 34.8 Å². The predicted molar refractivity (Wildman–Crippen MR) is 103 cm³/mol. The molecule has 1 atom stereocenters. The Morgan fingerprint density at radius 3 is 2.92 bits per heavy atom. The van der Waals surface area contributed by atoms with E-state index in [-0.39, 0.29) is 11.8 Å². The zero-order chi connectivity index (χ0) is 18.4. The number of hydrogen-bond donors (Lipinski definition) is 1. The van der Waals surface area contributed by atoms with E-state index in [9.17, 15) is 9.59 Å². The number of piperidine rings is 1. The molecule has 7 heteroatoms. The summed E-state index contributed by atoms with van der Waals surface area (Å²) in [5.74, 6) is 0.484. The Morgan fingerprint density at radius 2 is 2.15 bits per heavy atom. The highest BCUT2D eigenvalue weighted by Crippen LogP contribution is 2.22. The third-order valence-electron chi connectivity index (χ3n) is 4.26. The van der Waals surface area contributed by atoms with E-state index < -0.39 is 6.04 Å². The van der Waals surface area contributed by atoms with Gasteiger partial charge < -0.3 is 15.0 Å². The van der Waals surface area contributed by atoms with Gasteiger partial charge in [-0.1, -0.05) is 23.7 Å². The van der Waals surface area contributed by atoms with Crippen molar-refractivity contribution in [3.63, 3.8) is 0 Å². The summed E-state index contributed by atoms with van der Waals surface area (Å²) >= 11 is 7.32. The minimum Gasteiger partial charge on any atom is -0.492 e. The van der Waals surface area contributed by atoms with Crippen molar-refractivity contribution in [2.45, 2.75) is 25.3 Å². The summed E-state index contributed by atoms with van der Waals surface area (Å²) in [7, 11) is 0. The third kappa shape index (κ3) is 4.77. The van der Waals surface area contributed by atoms with Gasteiger partial charge in [0.1, 0.15) is 18.4 Å². The highest BCUT2D eigenvalue weighted by molar-refractivity contribution is 7.12. The first-order valence-electron chi connectivity index (χ1n) is 8.66. The average molecular weight is 393 g/mol. The minimum atomic E-state index is -0.412. The van der Waals surface area contributed by atoms with Gasteiger partial charge in [-0.25, -0.2) is 0 Å². The van der Waals surface area contributed by atoms with Gasteiger partial charge in [-0.05, 0) is 48.9 Å².